The number of nitriles is 1. The summed E-state index contributed by atoms with van der Waals surface area (Å²) in [6, 6.07) is 9.72. The Kier molecular flexibility index (Phi) is 6.25. The molecule has 0 saturated carbocycles. The Morgan fingerprint density at radius 3 is 2.73 bits per heavy atom. The fourth-order valence-corrected chi connectivity index (χ4v) is 5.12. The standard InChI is InChI=1S/C16H17ClN2OS2/c1-10(2)19-15(20)7-13-9-21-16(22-13)14(8-18)11-3-5-12(17)6-4-11/h3-6,10,13H,7,9H2,1-2H3,(H,19,20)/b16-14+/t13-/m1/s1. The topological polar surface area (TPSA) is 52.9 Å². The lowest BCUT2D eigenvalue weighted by Crippen LogP contribution is -2.32. The molecule has 0 radical (unpaired) electrons. The van der Waals surface area contributed by atoms with E-state index in [-0.39, 0.29) is 17.2 Å². The average Bonchev–Trinajstić information content (AvgIpc) is 2.89. The minimum Gasteiger partial charge on any atom is -0.354 e. The maximum Gasteiger partial charge on any atom is 0.221 e. The number of benzene rings is 1. The summed E-state index contributed by atoms with van der Waals surface area (Å²) in [6.45, 7) is 3.90. The van der Waals surface area contributed by atoms with Gasteiger partial charge in [-0.25, -0.2) is 0 Å². The van der Waals surface area contributed by atoms with Crippen molar-refractivity contribution in [1.82, 2.24) is 5.32 Å². The van der Waals surface area contributed by atoms with Crippen molar-refractivity contribution in [3.63, 3.8) is 0 Å². The first-order valence-electron chi connectivity index (χ1n) is 6.98. The molecule has 1 aromatic carbocycles. The zero-order chi connectivity index (χ0) is 16.1. The molecule has 1 amide bonds. The molecule has 116 valence electrons. The van der Waals surface area contributed by atoms with E-state index >= 15 is 0 Å². The van der Waals surface area contributed by atoms with Crippen molar-refractivity contribution >= 4 is 46.6 Å². The summed E-state index contributed by atoms with van der Waals surface area (Å²) in [4.78, 5) is 11.8. The van der Waals surface area contributed by atoms with Crippen LogP contribution in [-0.4, -0.2) is 23.0 Å². The molecule has 0 aliphatic carbocycles. The highest BCUT2D eigenvalue weighted by Gasteiger charge is 2.26. The maximum absolute atomic E-state index is 11.8. The number of allylic oxidation sites excluding steroid dienone is 1. The lowest BCUT2D eigenvalue weighted by atomic mass is 10.1. The van der Waals surface area contributed by atoms with Crippen molar-refractivity contribution in [2.75, 3.05) is 5.75 Å². The molecule has 6 heteroatoms. The first kappa shape index (κ1) is 17.3. The van der Waals surface area contributed by atoms with Crippen LogP contribution in [0, 0.1) is 11.3 Å². The lowest BCUT2D eigenvalue weighted by Gasteiger charge is -2.11. The summed E-state index contributed by atoms with van der Waals surface area (Å²) < 4.78 is 0.993. The van der Waals surface area contributed by atoms with Gasteiger partial charge in [-0.2, -0.15) is 5.26 Å². The van der Waals surface area contributed by atoms with Crippen molar-refractivity contribution in [1.29, 1.82) is 5.26 Å². The van der Waals surface area contributed by atoms with Gasteiger partial charge in [0.15, 0.2) is 0 Å². The van der Waals surface area contributed by atoms with Crippen LogP contribution in [0.25, 0.3) is 5.57 Å². The summed E-state index contributed by atoms with van der Waals surface area (Å²) in [5.74, 6) is 0.920. The highest BCUT2D eigenvalue weighted by molar-refractivity contribution is 8.25. The zero-order valence-corrected chi connectivity index (χ0v) is 14.8. The van der Waals surface area contributed by atoms with Crippen LogP contribution in [0.5, 0.6) is 0 Å². The number of hydrogen-bond donors (Lipinski definition) is 1. The zero-order valence-electron chi connectivity index (χ0n) is 12.4. The third-order valence-corrected chi connectivity index (χ3v) is 6.21. The second-order valence-electron chi connectivity index (χ2n) is 5.26. The summed E-state index contributed by atoms with van der Waals surface area (Å²) in [7, 11) is 0. The van der Waals surface area contributed by atoms with Crippen LogP contribution < -0.4 is 5.32 Å². The van der Waals surface area contributed by atoms with E-state index < -0.39 is 0 Å². The largest absolute Gasteiger partial charge is 0.354 e. The Morgan fingerprint density at radius 2 is 2.14 bits per heavy atom. The number of halogens is 1. The number of rotatable bonds is 4. The van der Waals surface area contributed by atoms with Gasteiger partial charge in [0.1, 0.15) is 6.07 Å². The third-order valence-electron chi connectivity index (χ3n) is 2.99. The SMILES string of the molecule is CC(C)NC(=O)C[C@@H]1CS/C(=C(/C#N)c2ccc(Cl)cc2)S1. The minimum absolute atomic E-state index is 0.0688. The van der Waals surface area contributed by atoms with E-state index in [0.717, 1.165) is 15.6 Å². The van der Waals surface area contributed by atoms with Crippen molar-refractivity contribution in [2.24, 2.45) is 0 Å². The van der Waals surface area contributed by atoms with E-state index in [4.69, 9.17) is 11.6 Å². The van der Waals surface area contributed by atoms with Gasteiger partial charge in [0.25, 0.3) is 0 Å². The van der Waals surface area contributed by atoms with Crippen LogP contribution in [0.1, 0.15) is 25.8 Å². The number of amides is 1. The summed E-state index contributed by atoms with van der Waals surface area (Å²) in [5.41, 5.74) is 1.53. The monoisotopic (exact) mass is 352 g/mol. The molecular weight excluding hydrogens is 336 g/mol. The molecule has 1 aliphatic rings. The molecule has 0 spiro atoms. The van der Waals surface area contributed by atoms with Gasteiger partial charge in [-0.15, -0.1) is 23.5 Å². The molecule has 3 nitrogen and oxygen atoms in total. The van der Waals surface area contributed by atoms with Crippen LogP contribution in [0.3, 0.4) is 0 Å². The van der Waals surface area contributed by atoms with E-state index in [9.17, 15) is 10.1 Å². The predicted octanol–water partition coefficient (Wildman–Crippen LogP) is 4.30. The normalized spacial score (nSPS) is 19.9. The van der Waals surface area contributed by atoms with Crippen LogP contribution >= 0.6 is 35.1 Å². The van der Waals surface area contributed by atoms with Crippen molar-refractivity contribution in [2.45, 2.75) is 31.6 Å². The van der Waals surface area contributed by atoms with Crippen molar-refractivity contribution < 1.29 is 4.79 Å². The molecule has 1 aromatic rings. The molecule has 2 rings (SSSR count). The van der Waals surface area contributed by atoms with Crippen LogP contribution in [0.15, 0.2) is 28.5 Å². The fourth-order valence-electron chi connectivity index (χ4n) is 2.05. The molecule has 0 bridgehead atoms. The van der Waals surface area contributed by atoms with E-state index in [1.54, 1.807) is 35.7 Å². The smallest absolute Gasteiger partial charge is 0.221 e. The highest BCUT2D eigenvalue weighted by atomic mass is 35.5. The van der Waals surface area contributed by atoms with E-state index in [2.05, 4.69) is 11.4 Å². The summed E-state index contributed by atoms with van der Waals surface area (Å²) >= 11 is 9.16. The third kappa shape index (κ3) is 4.70. The Labute approximate surface area is 144 Å². The predicted molar refractivity (Wildman–Crippen MR) is 95.7 cm³/mol. The van der Waals surface area contributed by atoms with Crippen LogP contribution in [-0.2, 0) is 4.79 Å². The second-order valence-corrected chi connectivity index (χ2v) is 8.29. The molecule has 0 aromatic heterocycles. The summed E-state index contributed by atoms with van der Waals surface area (Å²) in [5, 5.41) is 13.2. The Bertz CT molecular complexity index is 620. The molecule has 22 heavy (non-hydrogen) atoms. The first-order valence-corrected chi connectivity index (χ1v) is 9.23. The van der Waals surface area contributed by atoms with E-state index in [1.807, 2.05) is 26.0 Å². The number of carbonyl (C=O) groups excluding carboxylic acids is 1. The molecule has 1 heterocycles. The number of thioether (sulfide) groups is 2. The Morgan fingerprint density at radius 1 is 1.45 bits per heavy atom. The molecule has 1 atom stereocenters. The molecule has 1 saturated heterocycles. The Balaban J connectivity index is 2.08. The lowest BCUT2D eigenvalue weighted by molar-refractivity contribution is -0.121. The first-order chi connectivity index (χ1) is 10.5. The molecule has 0 unspecified atom stereocenters. The second kappa shape index (κ2) is 7.96. The molecule has 1 aliphatic heterocycles. The van der Waals surface area contributed by atoms with Gasteiger partial charge in [0.2, 0.25) is 5.91 Å². The number of nitrogens with one attached hydrogen (secondary N) is 1. The Hall–Kier alpha value is -1.09. The quantitative estimate of drug-likeness (QED) is 0.821. The minimum atomic E-state index is 0.0688. The van der Waals surface area contributed by atoms with Crippen molar-refractivity contribution in [3.05, 3.63) is 39.1 Å². The van der Waals surface area contributed by atoms with Gasteiger partial charge in [-0.1, -0.05) is 23.7 Å². The highest BCUT2D eigenvalue weighted by Crippen LogP contribution is 2.46. The fraction of sp³-hybridized carbons (Fsp3) is 0.375. The van der Waals surface area contributed by atoms with Gasteiger partial charge in [-0.3, -0.25) is 4.79 Å². The summed E-state index contributed by atoms with van der Waals surface area (Å²) in [6.07, 6.45) is 0.485. The van der Waals surface area contributed by atoms with Crippen molar-refractivity contribution in [3.8, 4) is 6.07 Å². The van der Waals surface area contributed by atoms with Crippen LogP contribution in [0.4, 0.5) is 0 Å². The van der Waals surface area contributed by atoms with E-state index in [1.165, 1.54) is 0 Å². The van der Waals surface area contributed by atoms with E-state index in [0.29, 0.717) is 17.0 Å². The molecule has 1 N–H and O–H groups in total. The molecule has 1 fully saturated rings. The van der Waals surface area contributed by atoms with Gasteiger partial charge in [-0.05, 0) is 31.5 Å². The maximum atomic E-state index is 11.8. The van der Waals surface area contributed by atoms with Gasteiger partial charge in [0, 0.05) is 28.5 Å². The van der Waals surface area contributed by atoms with Gasteiger partial charge in [0.05, 0.1) is 9.81 Å². The number of carbonyl (C=O) groups is 1. The van der Waals surface area contributed by atoms with Gasteiger partial charge >= 0.3 is 0 Å². The average molecular weight is 353 g/mol. The number of nitrogens with zero attached hydrogens (tertiary/aromatic N) is 1. The van der Waals surface area contributed by atoms with Gasteiger partial charge < -0.3 is 5.32 Å². The number of hydrogen-bond acceptors (Lipinski definition) is 4. The molecular formula is C16H17ClN2OS2. The van der Waals surface area contributed by atoms with Crippen LogP contribution in [0.2, 0.25) is 5.02 Å².